The summed E-state index contributed by atoms with van der Waals surface area (Å²) in [6.45, 7) is 0.571. The maximum atomic E-state index is 12.2. The van der Waals surface area contributed by atoms with Gasteiger partial charge in [-0.15, -0.1) is 5.10 Å². The molecule has 0 bridgehead atoms. The molecule has 2 saturated heterocycles. The molecular formula is C30H43N3O13. The van der Waals surface area contributed by atoms with Gasteiger partial charge in [0, 0.05) is 12.6 Å². The standard InChI is InChI=1S/C30H43N3O13/c1-15-22(35)24(37)25(38)29(42-15)44-18-9-5-6-10-19(18)45-30-26(39)27(23(36)21(14-34)46-30)43-20(28(40)41)13-33-12-17(31-32-33)11-16-7-3-2-4-8-16/h2-4,7-8,12,15,18-27,29-30,34-39H,5-6,9-11,13-14H2,1H3,(H,40,41)/t15-,18+,19+,20-,21+,22+,23-,24+,25-,26+,27-,29-,30+/m0/s1. The van der Waals surface area contributed by atoms with Gasteiger partial charge in [-0.2, -0.15) is 0 Å². The van der Waals surface area contributed by atoms with E-state index in [-0.39, 0.29) is 6.54 Å². The van der Waals surface area contributed by atoms with Gasteiger partial charge in [-0.3, -0.25) is 0 Å². The summed E-state index contributed by atoms with van der Waals surface area (Å²) in [4.78, 5) is 12.2. The number of carboxylic acid groups (broad SMARTS) is 1. The Morgan fingerprint density at radius 2 is 1.59 bits per heavy atom. The first-order valence-electron chi connectivity index (χ1n) is 15.5. The van der Waals surface area contributed by atoms with Crippen LogP contribution in [0.1, 0.15) is 43.9 Å². The SMILES string of the molecule is C[C@@H]1O[C@@H](O[C@@H]2CCCC[C@H]2O[C@@H]2O[C@H](CO)[C@H](O)[C@H](O[C@@H](Cn3cc(Cc4ccccc4)nn3)C(=O)O)[C@H]2O)[C@@H](O)[C@H](O)[C@@H]1O. The molecule has 3 aliphatic rings. The summed E-state index contributed by atoms with van der Waals surface area (Å²) in [5.74, 6) is -1.38. The molecule has 16 nitrogen and oxygen atoms in total. The highest BCUT2D eigenvalue weighted by Gasteiger charge is 2.50. The van der Waals surface area contributed by atoms with Crippen LogP contribution in [0.4, 0.5) is 0 Å². The zero-order valence-electron chi connectivity index (χ0n) is 25.3. The van der Waals surface area contributed by atoms with E-state index in [0.29, 0.717) is 25.0 Å². The minimum absolute atomic E-state index is 0.287. The number of nitrogens with zero attached hydrogens (tertiary/aromatic N) is 3. The summed E-state index contributed by atoms with van der Waals surface area (Å²) in [5.41, 5.74) is 1.60. The molecule has 0 unspecified atom stereocenters. The Balaban J connectivity index is 1.25. The van der Waals surface area contributed by atoms with Crippen molar-refractivity contribution in [2.24, 2.45) is 0 Å². The molecule has 5 rings (SSSR count). The van der Waals surface area contributed by atoms with Crippen LogP contribution in [-0.2, 0) is 41.4 Å². The normalized spacial score (nSPS) is 37.5. The third-order valence-electron chi connectivity index (χ3n) is 8.65. The molecule has 1 aromatic heterocycles. The second kappa shape index (κ2) is 15.5. The number of benzene rings is 1. The summed E-state index contributed by atoms with van der Waals surface area (Å²) in [7, 11) is 0. The molecule has 3 heterocycles. The van der Waals surface area contributed by atoms with Crippen LogP contribution in [0.25, 0.3) is 0 Å². The lowest BCUT2D eigenvalue weighted by Crippen LogP contribution is -2.62. The van der Waals surface area contributed by atoms with Crippen molar-refractivity contribution in [2.45, 2.75) is 125 Å². The number of hydrogen-bond acceptors (Lipinski definition) is 14. The molecule has 13 atom stereocenters. The Kier molecular flexibility index (Phi) is 11.7. The Bertz CT molecular complexity index is 1250. The van der Waals surface area contributed by atoms with Gasteiger partial charge in [-0.25, -0.2) is 9.48 Å². The van der Waals surface area contributed by atoms with Crippen molar-refractivity contribution in [1.29, 1.82) is 0 Å². The second-order valence-corrected chi connectivity index (χ2v) is 12.0. The monoisotopic (exact) mass is 653 g/mol. The van der Waals surface area contributed by atoms with E-state index in [1.54, 1.807) is 6.20 Å². The number of hydrogen-bond donors (Lipinski definition) is 7. The van der Waals surface area contributed by atoms with Crippen LogP contribution < -0.4 is 0 Å². The van der Waals surface area contributed by atoms with Gasteiger partial charge in [0.2, 0.25) is 0 Å². The van der Waals surface area contributed by atoms with E-state index in [4.69, 9.17) is 23.7 Å². The van der Waals surface area contributed by atoms with Crippen LogP contribution in [0.2, 0.25) is 0 Å². The van der Waals surface area contributed by atoms with Crippen LogP contribution in [0.3, 0.4) is 0 Å². The summed E-state index contributed by atoms with van der Waals surface area (Å²) in [5, 5.41) is 80.8. The first-order valence-corrected chi connectivity index (χ1v) is 15.5. The van der Waals surface area contributed by atoms with E-state index in [1.165, 1.54) is 11.6 Å². The molecule has 0 radical (unpaired) electrons. The predicted octanol–water partition coefficient (Wildman–Crippen LogP) is -1.68. The van der Waals surface area contributed by atoms with Crippen molar-refractivity contribution in [1.82, 2.24) is 15.0 Å². The van der Waals surface area contributed by atoms with E-state index < -0.39 is 92.3 Å². The van der Waals surface area contributed by atoms with Crippen molar-refractivity contribution in [2.75, 3.05) is 6.61 Å². The Labute approximate surface area is 265 Å². The molecule has 16 heteroatoms. The van der Waals surface area contributed by atoms with Gasteiger partial charge in [0.05, 0.1) is 37.2 Å². The highest BCUT2D eigenvalue weighted by Crippen LogP contribution is 2.33. The van der Waals surface area contributed by atoms with Gasteiger partial charge in [-0.1, -0.05) is 48.4 Å². The highest BCUT2D eigenvalue weighted by atomic mass is 16.7. The zero-order valence-corrected chi connectivity index (χ0v) is 25.3. The van der Waals surface area contributed by atoms with E-state index in [1.807, 2.05) is 30.3 Å². The van der Waals surface area contributed by atoms with Crippen molar-refractivity contribution in [3.05, 3.63) is 47.8 Å². The Morgan fingerprint density at radius 1 is 0.935 bits per heavy atom. The number of ether oxygens (including phenoxy) is 5. The number of rotatable bonds is 12. The van der Waals surface area contributed by atoms with Crippen LogP contribution in [0, 0.1) is 0 Å². The molecule has 1 saturated carbocycles. The minimum atomic E-state index is -1.68. The molecule has 7 N–H and O–H groups in total. The smallest absolute Gasteiger partial charge is 0.334 e. The van der Waals surface area contributed by atoms with E-state index >= 15 is 0 Å². The summed E-state index contributed by atoms with van der Waals surface area (Å²) < 4.78 is 30.4. The van der Waals surface area contributed by atoms with Gasteiger partial charge in [0.25, 0.3) is 0 Å². The fourth-order valence-corrected chi connectivity index (χ4v) is 6.02. The molecule has 0 amide bonds. The minimum Gasteiger partial charge on any atom is -0.479 e. The lowest BCUT2D eigenvalue weighted by atomic mass is 9.93. The van der Waals surface area contributed by atoms with Gasteiger partial charge in [-0.05, 0) is 25.3 Å². The van der Waals surface area contributed by atoms with Crippen molar-refractivity contribution >= 4 is 5.97 Å². The number of aliphatic hydroxyl groups excluding tert-OH is 6. The summed E-state index contributed by atoms with van der Waals surface area (Å²) in [6, 6.07) is 9.53. The molecule has 2 aliphatic heterocycles. The Hall–Kier alpha value is -2.61. The fourth-order valence-electron chi connectivity index (χ4n) is 6.02. The summed E-state index contributed by atoms with van der Waals surface area (Å²) in [6.07, 6.45) is -12.4. The lowest BCUT2D eigenvalue weighted by Gasteiger charge is -2.45. The fraction of sp³-hybridized carbons (Fsp3) is 0.700. The first kappa shape index (κ1) is 34.7. The zero-order chi connectivity index (χ0) is 33.0. The molecule has 256 valence electrons. The second-order valence-electron chi connectivity index (χ2n) is 12.0. The third-order valence-corrected chi connectivity index (χ3v) is 8.65. The van der Waals surface area contributed by atoms with Gasteiger partial charge in [0.15, 0.2) is 18.7 Å². The van der Waals surface area contributed by atoms with E-state index in [0.717, 1.165) is 18.4 Å². The van der Waals surface area contributed by atoms with Crippen LogP contribution in [-0.4, -0.2) is 143 Å². The van der Waals surface area contributed by atoms with Gasteiger partial charge in [0.1, 0.15) is 42.7 Å². The number of carbonyl (C=O) groups is 1. The van der Waals surface area contributed by atoms with Crippen molar-refractivity contribution in [3.63, 3.8) is 0 Å². The lowest BCUT2D eigenvalue weighted by molar-refractivity contribution is -0.345. The molecule has 0 spiro atoms. The maximum absolute atomic E-state index is 12.2. The van der Waals surface area contributed by atoms with Crippen molar-refractivity contribution in [3.8, 4) is 0 Å². The molecule has 1 aromatic carbocycles. The molecular weight excluding hydrogens is 610 g/mol. The number of aliphatic hydroxyl groups is 6. The average molecular weight is 654 g/mol. The van der Waals surface area contributed by atoms with Crippen molar-refractivity contribution < 1.29 is 64.2 Å². The van der Waals surface area contributed by atoms with E-state index in [9.17, 15) is 40.5 Å². The number of aromatic nitrogens is 3. The van der Waals surface area contributed by atoms with E-state index in [2.05, 4.69) is 10.3 Å². The average Bonchev–Trinajstić information content (AvgIpc) is 3.49. The van der Waals surface area contributed by atoms with Gasteiger partial charge >= 0.3 is 5.97 Å². The first-order chi connectivity index (χ1) is 22.0. The van der Waals surface area contributed by atoms with Gasteiger partial charge < -0.3 is 59.4 Å². The van der Waals surface area contributed by atoms with Crippen LogP contribution >= 0.6 is 0 Å². The number of aliphatic carboxylic acids is 1. The van der Waals surface area contributed by atoms with Crippen LogP contribution in [0.15, 0.2) is 36.5 Å². The quantitative estimate of drug-likeness (QED) is 0.135. The molecule has 2 aromatic rings. The largest absolute Gasteiger partial charge is 0.479 e. The molecule has 1 aliphatic carbocycles. The third kappa shape index (κ3) is 8.08. The molecule has 46 heavy (non-hydrogen) atoms. The Morgan fingerprint density at radius 3 is 2.22 bits per heavy atom. The maximum Gasteiger partial charge on any atom is 0.334 e. The topological polar surface area (TPSA) is 236 Å². The number of carboxylic acids is 1. The summed E-state index contributed by atoms with van der Waals surface area (Å²) >= 11 is 0. The highest BCUT2D eigenvalue weighted by molar-refractivity contribution is 5.72. The molecule has 3 fully saturated rings. The predicted molar refractivity (Wildman–Crippen MR) is 154 cm³/mol. The van der Waals surface area contributed by atoms with Crippen LogP contribution in [0.5, 0.6) is 0 Å².